The highest BCUT2D eigenvalue weighted by molar-refractivity contribution is 5.96. The molecule has 0 aliphatic carbocycles. The normalized spacial score (nSPS) is 13.6. The monoisotopic (exact) mass is 277 g/mol. The van der Waals surface area contributed by atoms with Crippen LogP contribution in [0.5, 0.6) is 0 Å². The van der Waals surface area contributed by atoms with Gasteiger partial charge in [-0.1, -0.05) is 0 Å². The van der Waals surface area contributed by atoms with Gasteiger partial charge in [0, 0.05) is 31.5 Å². The van der Waals surface area contributed by atoms with Crippen LogP contribution in [0, 0.1) is 0 Å². The van der Waals surface area contributed by atoms with Gasteiger partial charge in [-0.05, 0) is 30.2 Å². The van der Waals surface area contributed by atoms with Gasteiger partial charge >= 0.3 is 0 Å². The second kappa shape index (κ2) is 7.02. The molecular formula is C14H19N3O3. The van der Waals surface area contributed by atoms with E-state index in [1.165, 1.54) is 0 Å². The Morgan fingerprint density at radius 3 is 3.05 bits per heavy atom. The van der Waals surface area contributed by atoms with Gasteiger partial charge in [-0.15, -0.1) is 0 Å². The molecular weight excluding hydrogens is 258 g/mol. The molecule has 1 aromatic carbocycles. The first-order valence-corrected chi connectivity index (χ1v) is 6.61. The third-order valence-electron chi connectivity index (χ3n) is 3.05. The molecule has 6 nitrogen and oxygen atoms in total. The smallest absolute Gasteiger partial charge is 0.238 e. The van der Waals surface area contributed by atoms with Crippen molar-refractivity contribution in [3.63, 3.8) is 0 Å². The predicted molar refractivity (Wildman–Crippen MR) is 76.8 cm³/mol. The molecule has 0 saturated carbocycles. The van der Waals surface area contributed by atoms with Crippen LogP contribution in [0.2, 0.25) is 0 Å². The number of hydrogen-bond donors (Lipinski definition) is 3. The summed E-state index contributed by atoms with van der Waals surface area (Å²) in [6.07, 6.45) is 1.19. The van der Waals surface area contributed by atoms with E-state index < -0.39 is 0 Å². The summed E-state index contributed by atoms with van der Waals surface area (Å²) in [6, 6.07) is 5.51. The number of amides is 2. The molecule has 2 amide bonds. The molecule has 3 N–H and O–H groups in total. The van der Waals surface area contributed by atoms with Crippen molar-refractivity contribution in [3.05, 3.63) is 23.8 Å². The van der Waals surface area contributed by atoms with Crippen LogP contribution in [0.3, 0.4) is 0 Å². The van der Waals surface area contributed by atoms with Gasteiger partial charge in [-0.25, -0.2) is 0 Å². The van der Waals surface area contributed by atoms with Crippen LogP contribution in [-0.4, -0.2) is 38.6 Å². The Morgan fingerprint density at radius 1 is 1.40 bits per heavy atom. The number of aryl methyl sites for hydroxylation is 1. The molecule has 1 aliphatic rings. The summed E-state index contributed by atoms with van der Waals surface area (Å²) in [5.74, 6) is -0.0578. The molecule has 1 heterocycles. The lowest BCUT2D eigenvalue weighted by Gasteiger charge is -2.17. The number of benzene rings is 1. The minimum Gasteiger partial charge on any atom is -0.383 e. The maximum atomic E-state index is 11.7. The van der Waals surface area contributed by atoms with Crippen LogP contribution in [0.15, 0.2) is 18.2 Å². The van der Waals surface area contributed by atoms with Crippen LogP contribution < -0.4 is 16.0 Å². The number of ether oxygens (including phenoxy) is 1. The summed E-state index contributed by atoms with van der Waals surface area (Å²) in [5.41, 5.74) is 2.63. The zero-order valence-corrected chi connectivity index (χ0v) is 11.5. The maximum absolute atomic E-state index is 11.7. The van der Waals surface area contributed by atoms with Crippen molar-refractivity contribution in [1.82, 2.24) is 5.32 Å². The number of carbonyl (C=O) groups excluding carboxylic acids is 2. The van der Waals surface area contributed by atoms with Crippen LogP contribution in [-0.2, 0) is 20.7 Å². The van der Waals surface area contributed by atoms with Crippen molar-refractivity contribution >= 4 is 23.2 Å². The lowest BCUT2D eigenvalue weighted by Crippen LogP contribution is -2.30. The van der Waals surface area contributed by atoms with Crippen LogP contribution in [0.1, 0.15) is 12.0 Å². The standard InChI is InChI=1S/C14H19N3O3/c1-20-7-6-15-9-14(19)16-11-3-4-12-10(8-11)2-5-13(18)17-12/h3-4,8,15H,2,5-7,9H2,1H3,(H,16,19)(H,17,18). The third-order valence-corrected chi connectivity index (χ3v) is 3.05. The van der Waals surface area contributed by atoms with Crippen LogP contribution in [0.25, 0.3) is 0 Å². The Balaban J connectivity index is 1.87. The molecule has 108 valence electrons. The molecule has 0 atom stereocenters. The number of nitrogens with one attached hydrogen (secondary N) is 3. The van der Waals surface area contributed by atoms with E-state index in [9.17, 15) is 9.59 Å². The fraction of sp³-hybridized carbons (Fsp3) is 0.429. The molecule has 20 heavy (non-hydrogen) atoms. The highest BCUT2D eigenvalue weighted by Gasteiger charge is 2.15. The molecule has 0 unspecified atom stereocenters. The number of methoxy groups -OCH3 is 1. The first-order chi connectivity index (χ1) is 9.69. The van der Waals surface area contributed by atoms with Gasteiger partial charge in [0.25, 0.3) is 0 Å². The average molecular weight is 277 g/mol. The van der Waals surface area contributed by atoms with Crippen molar-refractivity contribution in [1.29, 1.82) is 0 Å². The molecule has 0 bridgehead atoms. The highest BCUT2D eigenvalue weighted by atomic mass is 16.5. The zero-order chi connectivity index (χ0) is 14.4. The van der Waals surface area contributed by atoms with E-state index in [2.05, 4.69) is 16.0 Å². The summed E-state index contributed by atoms with van der Waals surface area (Å²) >= 11 is 0. The van der Waals surface area contributed by atoms with Gasteiger partial charge in [0.1, 0.15) is 0 Å². The molecule has 1 aromatic rings. The van der Waals surface area contributed by atoms with Gasteiger partial charge < -0.3 is 20.7 Å². The lowest BCUT2D eigenvalue weighted by molar-refractivity contribution is -0.116. The molecule has 0 spiro atoms. The number of anilines is 2. The summed E-state index contributed by atoms with van der Waals surface area (Å²) in [4.78, 5) is 23.0. The zero-order valence-electron chi connectivity index (χ0n) is 11.5. The molecule has 0 saturated heterocycles. The molecule has 6 heteroatoms. The van der Waals surface area contributed by atoms with Crippen molar-refractivity contribution in [2.24, 2.45) is 0 Å². The van der Waals surface area contributed by atoms with Gasteiger partial charge in [-0.2, -0.15) is 0 Å². The Kier molecular flexibility index (Phi) is 5.09. The number of carbonyl (C=O) groups is 2. The quantitative estimate of drug-likeness (QED) is 0.670. The molecule has 2 rings (SSSR count). The van der Waals surface area contributed by atoms with Gasteiger partial charge in [0.05, 0.1) is 13.2 Å². The van der Waals surface area contributed by atoms with Crippen LogP contribution >= 0.6 is 0 Å². The fourth-order valence-corrected chi connectivity index (χ4v) is 2.04. The van der Waals surface area contributed by atoms with Gasteiger partial charge in [0.2, 0.25) is 11.8 Å². The topological polar surface area (TPSA) is 79.5 Å². The number of rotatable bonds is 6. The van der Waals surface area contributed by atoms with E-state index >= 15 is 0 Å². The van der Waals surface area contributed by atoms with Crippen molar-refractivity contribution in [3.8, 4) is 0 Å². The first kappa shape index (κ1) is 14.5. The summed E-state index contributed by atoms with van der Waals surface area (Å²) in [7, 11) is 1.62. The summed E-state index contributed by atoms with van der Waals surface area (Å²) < 4.78 is 4.88. The fourth-order valence-electron chi connectivity index (χ4n) is 2.04. The van der Waals surface area contributed by atoms with Crippen molar-refractivity contribution in [2.45, 2.75) is 12.8 Å². The highest BCUT2D eigenvalue weighted by Crippen LogP contribution is 2.25. The first-order valence-electron chi connectivity index (χ1n) is 6.61. The minimum atomic E-state index is -0.0964. The summed E-state index contributed by atoms with van der Waals surface area (Å²) in [5, 5.41) is 8.62. The SMILES string of the molecule is COCCNCC(=O)Nc1ccc2c(c1)CCC(=O)N2. The van der Waals surface area contributed by atoms with Gasteiger partial charge in [-0.3, -0.25) is 9.59 Å². The largest absolute Gasteiger partial charge is 0.383 e. The Bertz CT molecular complexity index is 502. The molecule has 0 radical (unpaired) electrons. The van der Waals surface area contributed by atoms with E-state index in [0.717, 1.165) is 16.9 Å². The average Bonchev–Trinajstić information content (AvgIpc) is 2.44. The molecule has 1 aliphatic heterocycles. The third kappa shape index (κ3) is 4.04. The number of hydrogen-bond acceptors (Lipinski definition) is 4. The van der Waals surface area contributed by atoms with E-state index in [-0.39, 0.29) is 18.4 Å². The molecule has 0 aromatic heterocycles. The van der Waals surface area contributed by atoms with Gasteiger partial charge in [0.15, 0.2) is 0 Å². The van der Waals surface area contributed by atoms with E-state index in [0.29, 0.717) is 26.0 Å². The van der Waals surface area contributed by atoms with E-state index in [4.69, 9.17) is 4.74 Å². The number of fused-ring (bicyclic) bond motifs is 1. The van der Waals surface area contributed by atoms with Crippen molar-refractivity contribution < 1.29 is 14.3 Å². The second-order valence-electron chi connectivity index (χ2n) is 4.64. The predicted octanol–water partition coefficient (Wildman–Crippen LogP) is 0.746. The molecule has 0 fully saturated rings. The maximum Gasteiger partial charge on any atom is 0.238 e. The second-order valence-corrected chi connectivity index (χ2v) is 4.64. The van der Waals surface area contributed by atoms with Crippen molar-refractivity contribution in [2.75, 3.05) is 37.4 Å². The van der Waals surface area contributed by atoms with E-state index in [1.54, 1.807) is 13.2 Å². The Morgan fingerprint density at radius 2 is 2.25 bits per heavy atom. The Hall–Kier alpha value is -1.92. The van der Waals surface area contributed by atoms with E-state index in [1.807, 2.05) is 12.1 Å². The van der Waals surface area contributed by atoms with Crippen LogP contribution in [0.4, 0.5) is 11.4 Å². The minimum absolute atomic E-state index is 0.0385. The summed E-state index contributed by atoms with van der Waals surface area (Å²) in [6.45, 7) is 1.46. The Labute approximate surface area is 117 Å². The lowest BCUT2D eigenvalue weighted by atomic mass is 10.0.